The zero-order chi connectivity index (χ0) is 11.3. The van der Waals surface area contributed by atoms with Gasteiger partial charge >= 0.3 is 5.97 Å². The number of aromatic nitrogens is 1. The summed E-state index contributed by atoms with van der Waals surface area (Å²) in [7, 11) is 0. The van der Waals surface area contributed by atoms with Crippen molar-refractivity contribution in [1.29, 1.82) is 0 Å². The van der Waals surface area contributed by atoms with Gasteiger partial charge in [0.05, 0.1) is 24.0 Å². The highest BCUT2D eigenvalue weighted by Crippen LogP contribution is 2.04. The topological polar surface area (TPSA) is 59.4 Å². The maximum atomic E-state index is 10.6. The van der Waals surface area contributed by atoms with Crippen molar-refractivity contribution in [2.45, 2.75) is 33.0 Å². The van der Waals surface area contributed by atoms with E-state index in [0.29, 0.717) is 6.61 Å². The van der Waals surface area contributed by atoms with E-state index >= 15 is 0 Å². The molecule has 1 aromatic rings. The van der Waals surface area contributed by atoms with Crippen LogP contribution in [0, 0.1) is 0 Å². The Hall–Kier alpha value is -1.42. The van der Waals surface area contributed by atoms with Crippen LogP contribution in [0.5, 0.6) is 0 Å². The third-order valence-corrected chi connectivity index (χ3v) is 2.16. The van der Waals surface area contributed by atoms with Crippen molar-refractivity contribution in [2.24, 2.45) is 0 Å². The van der Waals surface area contributed by atoms with Gasteiger partial charge in [-0.1, -0.05) is 6.92 Å². The summed E-state index contributed by atoms with van der Waals surface area (Å²) in [5.74, 6) is -0.961. The quantitative estimate of drug-likeness (QED) is 0.806. The van der Waals surface area contributed by atoms with Crippen LogP contribution in [0.25, 0.3) is 0 Å². The van der Waals surface area contributed by atoms with Crippen LogP contribution >= 0.6 is 0 Å². The summed E-state index contributed by atoms with van der Waals surface area (Å²) >= 11 is 0. The van der Waals surface area contributed by atoms with Gasteiger partial charge in [-0.15, -0.1) is 0 Å². The molecule has 1 unspecified atom stereocenters. The van der Waals surface area contributed by atoms with Crippen LogP contribution in [0.15, 0.2) is 18.3 Å². The number of pyridine rings is 1. The van der Waals surface area contributed by atoms with Gasteiger partial charge in [-0.25, -0.2) is 4.79 Å². The smallest absolute Gasteiger partial charge is 0.337 e. The van der Waals surface area contributed by atoms with Crippen molar-refractivity contribution in [1.82, 2.24) is 4.98 Å². The molecule has 0 saturated carbocycles. The SMILES string of the molecule is CCC(C)OCc1ccc(C(=O)O)cn1. The molecule has 0 aromatic carbocycles. The predicted octanol–water partition coefficient (Wildman–Crippen LogP) is 2.09. The van der Waals surface area contributed by atoms with Gasteiger partial charge in [0.1, 0.15) is 0 Å². The zero-order valence-electron chi connectivity index (χ0n) is 8.93. The molecule has 0 aliphatic heterocycles. The fraction of sp³-hybridized carbons (Fsp3) is 0.455. The second kappa shape index (κ2) is 5.46. The fourth-order valence-corrected chi connectivity index (χ4v) is 0.982. The lowest BCUT2D eigenvalue weighted by atomic mass is 10.2. The van der Waals surface area contributed by atoms with Crippen molar-refractivity contribution in [3.8, 4) is 0 Å². The van der Waals surface area contributed by atoms with Crippen LogP contribution in [-0.2, 0) is 11.3 Å². The molecule has 0 bridgehead atoms. The summed E-state index contributed by atoms with van der Waals surface area (Å²) in [6, 6.07) is 3.20. The third kappa shape index (κ3) is 3.67. The number of rotatable bonds is 5. The summed E-state index contributed by atoms with van der Waals surface area (Å²) < 4.78 is 5.47. The van der Waals surface area contributed by atoms with Gasteiger partial charge in [-0.2, -0.15) is 0 Å². The molecule has 0 aliphatic carbocycles. The lowest BCUT2D eigenvalue weighted by molar-refractivity contribution is 0.0488. The highest BCUT2D eigenvalue weighted by atomic mass is 16.5. The van der Waals surface area contributed by atoms with E-state index in [1.165, 1.54) is 12.3 Å². The fourth-order valence-electron chi connectivity index (χ4n) is 0.982. The molecule has 15 heavy (non-hydrogen) atoms. The molecule has 0 saturated heterocycles. The molecule has 1 rings (SSSR count). The molecule has 4 nitrogen and oxygen atoms in total. The van der Waals surface area contributed by atoms with E-state index in [0.717, 1.165) is 12.1 Å². The standard InChI is InChI=1S/C11H15NO3/c1-3-8(2)15-7-10-5-4-9(6-12-10)11(13)14/h4-6,8H,3,7H2,1-2H3,(H,13,14). The van der Waals surface area contributed by atoms with Gasteiger partial charge in [0, 0.05) is 6.20 Å². The summed E-state index contributed by atoms with van der Waals surface area (Å²) in [6.07, 6.45) is 2.50. The number of carbonyl (C=O) groups is 1. The zero-order valence-corrected chi connectivity index (χ0v) is 8.93. The van der Waals surface area contributed by atoms with Gasteiger partial charge < -0.3 is 9.84 Å². The highest BCUT2D eigenvalue weighted by molar-refractivity contribution is 5.87. The Morgan fingerprint density at radius 3 is 2.80 bits per heavy atom. The van der Waals surface area contributed by atoms with Gasteiger partial charge in [0.25, 0.3) is 0 Å². The van der Waals surface area contributed by atoms with Gasteiger partial charge in [0.2, 0.25) is 0 Å². The highest BCUT2D eigenvalue weighted by Gasteiger charge is 2.04. The van der Waals surface area contributed by atoms with Gasteiger partial charge in [-0.3, -0.25) is 4.98 Å². The number of carboxylic acid groups (broad SMARTS) is 1. The first-order valence-electron chi connectivity index (χ1n) is 4.93. The molecule has 0 aliphatic rings. The number of hydrogen-bond donors (Lipinski definition) is 1. The van der Waals surface area contributed by atoms with Crippen LogP contribution in [0.1, 0.15) is 36.3 Å². The molecule has 82 valence electrons. The molecule has 1 atom stereocenters. The lowest BCUT2D eigenvalue weighted by Crippen LogP contribution is -2.07. The minimum Gasteiger partial charge on any atom is -0.478 e. The largest absolute Gasteiger partial charge is 0.478 e. The summed E-state index contributed by atoms with van der Waals surface area (Å²) in [5, 5.41) is 8.66. The normalized spacial score (nSPS) is 12.4. The second-order valence-electron chi connectivity index (χ2n) is 3.37. The van der Waals surface area contributed by atoms with E-state index in [9.17, 15) is 4.79 Å². The monoisotopic (exact) mass is 209 g/mol. The Morgan fingerprint density at radius 2 is 2.33 bits per heavy atom. The predicted molar refractivity (Wildman–Crippen MR) is 55.7 cm³/mol. The molecule has 1 heterocycles. The Labute approximate surface area is 88.9 Å². The molecule has 0 amide bonds. The lowest BCUT2D eigenvalue weighted by Gasteiger charge is -2.09. The first kappa shape index (κ1) is 11.7. The van der Waals surface area contributed by atoms with E-state index in [-0.39, 0.29) is 11.7 Å². The Bertz CT molecular complexity index is 321. The van der Waals surface area contributed by atoms with E-state index < -0.39 is 5.97 Å². The number of carboxylic acids is 1. The maximum Gasteiger partial charge on any atom is 0.337 e. The molecular formula is C11H15NO3. The van der Waals surface area contributed by atoms with E-state index in [4.69, 9.17) is 9.84 Å². The van der Waals surface area contributed by atoms with Gasteiger partial charge in [0.15, 0.2) is 0 Å². The minimum atomic E-state index is -0.961. The van der Waals surface area contributed by atoms with Crippen LogP contribution in [0.4, 0.5) is 0 Å². The Kier molecular flexibility index (Phi) is 4.24. The van der Waals surface area contributed by atoms with Crippen molar-refractivity contribution in [3.05, 3.63) is 29.6 Å². The van der Waals surface area contributed by atoms with Crippen molar-refractivity contribution >= 4 is 5.97 Å². The number of ether oxygens (including phenoxy) is 1. The third-order valence-electron chi connectivity index (χ3n) is 2.16. The molecule has 0 radical (unpaired) electrons. The average Bonchev–Trinajstić information content (AvgIpc) is 2.26. The molecule has 0 fully saturated rings. The molecular weight excluding hydrogens is 194 g/mol. The summed E-state index contributed by atoms with van der Waals surface area (Å²) in [4.78, 5) is 14.6. The first-order chi connectivity index (χ1) is 7.13. The van der Waals surface area contributed by atoms with Crippen molar-refractivity contribution in [3.63, 3.8) is 0 Å². The molecule has 1 N–H and O–H groups in total. The van der Waals surface area contributed by atoms with Crippen LogP contribution < -0.4 is 0 Å². The number of aromatic carboxylic acids is 1. The maximum absolute atomic E-state index is 10.6. The Morgan fingerprint density at radius 1 is 1.60 bits per heavy atom. The van der Waals surface area contributed by atoms with Crippen LogP contribution in [0.2, 0.25) is 0 Å². The van der Waals surface area contributed by atoms with E-state index in [1.807, 2.05) is 13.8 Å². The molecule has 0 spiro atoms. The minimum absolute atomic E-state index is 0.197. The van der Waals surface area contributed by atoms with E-state index in [1.54, 1.807) is 6.07 Å². The summed E-state index contributed by atoms with van der Waals surface area (Å²) in [5.41, 5.74) is 0.947. The molecule has 4 heteroatoms. The molecule has 1 aromatic heterocycles. The Balaban J connectivity index is 2.53. The first-order valence-corrected chi connectivity index (χ1v) is 4.93. The average molecular weight is 209 g/mol. The van der Waals surface area contributed by atoms with Gasteiger partial charge in [-0.05, 0) is 25.5 Å². The van der Waals surface area contributed by atoms with Crippen molar-refractivity contribution < 1.29 is 14.6 Å². The van der Waals surface area contributed by atoms with Crippen LogP contribution in [0.3, 0.4) is 0 Å². The second-order valence-corrected chi connectivity index (χ2v) is 3.37. The van der Waals surface area contributed by atoms with E-state index in [2.05, 4.69) is 4.98 Å². The van der Waals surface area contributed by atoms with Crippen molar-refractivity contribution in [2.75, 3.05) is 0 Å². The van der Waals surface area contributed by atoms with Crippen LogP contribution in [-0.4, -0.2) is 22.2 Å². The number of nitrogens with zero attached hydrogens (tertiary/aromatic N) is 1. The number of hydrogen-bond acceptors (Lipinski definition) is 3. The summed E-state index contributed by atoms with van der Waals surface area (Å²) in [6.45, 7) is 4.46.